The summed E-state index contributed by atoms with van der Waals surface area (Å²) >= 11 is 0. The Labute approximate surface area is 121 Å². The summed E-state index contributed by atoms with van der Waals surface area (Å²) in [5.41, 5.74) is -2.85. The van der Waals surface area contributed by atoms with Crippen molar-refractivity contribution in [2.24, 2.45) is 0 Å². The Morgan fingerprint density at radius 2 is 1.24 bits per heavy atom. The van der Waals surface area contributed by atoms with Gasteiger partial charge in [-0.3, -0.25) is 0 Å². The molecular weight excluding hydrogens is 284 g/mol. The molecule has 0 aliphatic rings. The first-order valence-electron chi connectivity index (χ1n) is 5.91. The molecule has 0 aliphatic carbocycles. The van der Waals surface area contributed by atoms with Crippen LogP contribution in [0.1, 0.15) is 13.8 Å². The Balaban J connectivity index is 5.79. The van der Waals surface area contributed by atoms with E-state index < -0.39 is 43.1 Å². The van der Waals surface area contributed by atoms with Crippen LogP contribution in [0.25, 0.3) is 0 Å². The predicted octanol–water partition coefficient (Wildman–Crippen LogP) is -1.37. The highest BCUT2D eigenvalue weighted by molar-refractivity contribution is 5.89. The zero-order valence-corrected chi connectivity index (χ0v) is 12.0. The van der Waals surface area contributed by atoms with Crippen molar-refractivity contribution in [2.75, 3.05) is 19.8 Å². The molecule has 4 N–H and O–H groups in total. The molecule has 0 aromatic carbocycles. The van der Waals surface area contributed by atoms with E-state index in [-0.39, 0.29) is 11.1 Å². The Morgan fingerprint density at radius 1 is 0.905 bits per heavy atom. The molecule has 0 spiro atoms. The number of hydrogen-bond acceptors (Lipinski definition) is 8. The van der Waals surface area contributed by atoms with Gasteiger partial charge in [0.25, 0.3) is 0 Å². The van der Waals surface area contributed by atoms with E-state index in [4.69, 9.17) is 9.47 Å². The quantitative estimate of drug-likeness (QED) is 0.245. The Kier molecular flexibility index (Phi) is 6.71. The topological polar surface area (TPSA) is 134 Å². The van der Waals surface area contributed by atoms with Crippen molar-refractivity contribution < 1.29 is 39.5 Å². The van der Waals surface area contributed by atoms with Crippen molar-refractivity contribution >= 4 is 11.9 Å². The lowest BCUT2D eigenvalue weighted by molar-refractivity contribution is -0.316. The molecule has 21 heavy (non-hydrogen) atoms. The second kappa shape index (κ2) is 7.32. The highest BCUT2D eigenvalue weighted by Gasteiger charge is 2.57. The summed E-state index contributed by atoms with van der Waals surface area (Å²) in [6.45, 7) is 5.64. The minimum atomic E-state index is -2.71. The van der Waals surface area contributed by atoms with Crippen LogP contribution < -0.4 is 0 Å². The number of rotatable bonds is 8. The molecule has 0 aromatic heterocycles. The third-order valence-electron chi connectivity index (χ3n) is 2.65. The molecule has 0 fully saturated rings. The van der Waals surface area contributed by atoms with E-state index in [1.807, 2.05) is 0 Å². The molecule has 120 valence electrons. The summed E-state index contributed by atoms with van der Waals surface area (Å²) in [6, 6.07) is 0. The summed E-state index contributed by atoms with van der Waals surface area (Å²) < 4.78 is 9.55. The minimum Gasteiger partial charge on any atom is -0.413 e. The number of carbonyl (C=O) groups excluding carboxylic acids is 2. The molecule has 0 atom stereocenters. The van der Waals surface area contributed by atoms with Gasteiger partial charge in [-0.25, -0.2) is 9.59 Å². The number of hydrogen-bond donors (Lipinski definition) is 4. The van der Waals surface area contributed by atoms with Crippen LogP contribution in [0.3, 0.4) is 0 Å². The summed E-state index contributed by atoms with van der Waals surface area (Å²) in [7, 11) is 0. The smallest absolute Gasteiger partial charge is 0.336 e. The summed E-state index contributed by atoms with van der Waals surface area (Å²) in [5.74, 6) is -4.90. The molecule has 8 nitrogen and oxygen atoms in total. The Bertz CT molecular complexity index is 407. The zero-order chi connectivity index (χ0) is 16.8. The van der Waals surface area contributed by atoms with Crippen LogP contribution >= 0.6 is 0 Å². The van der Waals surface area contributed by atoms with E-state index in [2.05, 4.69) is 13.2 Å². The summed E-state index contributed by atoms with van der Waals surface area (Å²) in [4.78, 5) is 23.3. The molecule has 0 radical (unpaired) electrons. The molecule has 0 rings (SSSR count). The van der Waals surface area contributed by atoms with E-state index in [9.17, 15) is 30.0 Å². The summed E-state index contributed by atoms with van der Waals surface area (Å²) in [6.07, 6.45) is 0. The highest BCUT2D eigenvalue weighted by Crippen LogP contribution is 2.29. The molecule has 8 heteroatoms. The van der Waals surface area contributed by atoms with Crippen LogP contribution in [0.2, 0.25) is 0 Å². The predicted molar refractivity (Wildman–Crippen MR) is 70.8 cm³/mol. The van der Waals surface area contributed by atoms with Gasteiger partial charge < -0.3 is 29.9 Å². The molecule has 0 aromatic rings. The van der Waals surface area contributed by atoms with Crippen LogP contribution in [0.4, 0.5) is 0 Å². The van der Waals surface area contributed by atoms with Crippen molar-refractivity contribution in [3.8, 4) is 0 Å². The van der Waals surface area contributed by atoms with Gasteiger partial charge in [0.15, 0.2) is 5.60 Å². The van der Waals surface area contributed by atoms with Gasteiger partial charge in [0, 0.05) is 11.1 Å². The molecule has 0 amide bonds. The lowest BCUT2D eigenvalue weighted by Gasteiger charge is -2.41. The van der Waals surface area contributed by atoms with Crippen LogP contribution in [0.15, 0.2) is 24.3 Å². The first-order chi connectivity index (χ1) is 9.59. The van der Waals surface area contributed by atoms with Gasteiger partial charge in [-0.2, -0.15) is 0 Å². The van der Waals surface area contributed by atoms with E-state index in [0.29, 0.717) is 0 Å². The third-order valence-corrected chi connectivity index (χ3v) is 2.65. The maximum absolute atomic E-state index is 11.6. The monoisotopic (exact) mass is 304 g/mol. The van der Waals surface area contributed by atoms with Gasteiger partial charge in [0.05, 0.1) is 13.2 Å². The Hall–Kier alpha value is -1.74. The van der Waals surface area contributed by atoms with Crippen molar-refractivity contribution in [1.29, 1.82) is 0 Å². The maximum Gasteiger partial charge on any atom is 0.336 e. The second-order valence-corrected chi connectivity index (χ2v) is 4.60. The molecular formula is C13H20O8. The number of aliphatic hydroxyl groups excluding tert-OH is 3. The average Bonchev–Trinajstić information content (AvgIpc) is 2.44. The first-order valence-corrected chi connectivity index (χ1v) is 5.91. The second-order valence-electron chi connectivity index (χ2n) is 4.60. The zero-order valence-electron chi connectivity index (χ0n) is 12.0. The van der Waals surface area contributed by atoms with Gasteiger partial charge in [-0.1, -0.05) is 13.2 Å². The fraction of sp³-hybridized carbons (Fsp3) is 0.538. The van der Waals surface area contributed by atoms with Gasteiger partial charge in [0.2, 0.25) is 0 Å². The van der Waals surface area contributed by atoms with Crippen LogP contribution in [0, 0.1) is 0 Å². The van der Waals surface area contributed by atoms with Gasteiger partial charge in [-0.15, -0.1) is 0 Å². The van der Waals surface area contributed by atoms with Crippen molar-refractivity contribution in [1.82, 2.24) is 0 Å². The first kappa shape index (κ1) is 19.3. The molecule has 0 unspecified atom stereocenters. The molecule has 0 saturated heterocycles. The normalized spacial score (nSPS) is 11.7. The molecule has 0 bridgehead atoms. The molecule has 0 aliphatic heterocycles. The van der Waals surface area contributed by atoms with E-state index in [0.717, 1.165) is 0 Å². The van der Waals surface area contributed by atoms with Crippen LogP contribution in [0.5, 0.6) is 0 Å². The highest BCUT2D eigenvalue weighted by atomic mass is 16.8. The fourth-order valence-corrected chi connectivity index (χ4v) is 1.19. The van der Waals surface area contributed by atoms with Crippen LogP contribution in [-0.4, -0.2) is 63.6 Å². The van der Waals surface area contributed by atoms with Gasteiger partial charge in [0.1, 0.15) is 6.61 Å². The summed E-state index contributed by atoms with van der Waals surface area (Å²) in [5, 5.41) is 38.0. The molecule has 0 saturated carbocycles. The van der Waals surface area contributed by atoms with Crippen LogP contribution in [-0.2, 0) is 19.1 Å². The lowest BCUT2D eigenvalue weighted by Crippen LogP contribution is -2.65. The van der Waals surface area contributed by atoms with Crippen molar-refractivity contribution in [2.45, 2.75) is 25.2 Å². The number of aliphatic hydroxyl groups is 4. The average molecular weight is 304 g/mol. The van der Waals surface area contributed by atoms with E-state index in [1.165, 1.54) is 13.8 Å². The number of carbonyl (C=O) groups is 2. The van der Waals surface area contributed by atoms with Crippen molar-refractivity contribution in [3.05, 3.63) is 24.3 Å². The largest absolute Gasteiger partial charge is 0.413 e. The third kappa shape index (κ3) is 4.11. The SMILES string of the molecule is C=C(C)C(=O)OC(CO)(OC(=O)C(=C)C)C(O)(CO)CO. The van der Waals surface area contributed by atoms with Gasteiger partial charge in [-0.05, 0) is 13.8 Å². The number of ether oxygens (including phenoxy) is 2. The minimum absolute atomic E-state index is 0.113. The standard InChI is InChI=1S/C13H20O8/c1-8(2)10(17)20-13(7-16,12(19,5-14)6-15)21-11(18)9(3)4/h14-16,19H,1,3,5-7H2,2,4H3. The molecule has 0 heterocycles. The van der Waals surface area contributed by atoms with Crippen molar-refractivity contribution in [3.63, 3.8) is 0 Å². The Morgan fingerprint density at radius 3 is 1.43 bits per heavy atom. The number of esters is 2. The van der Waals surface area contributed by atoms with E-state index in [1.54, 1.807) is 0 Å². The fourth-order valence-electron chi connectivity index (χ4n) is 1.19. The van der Waals surface area contributed by atoms with Gasteiger partial charge >= 0.3 is 17.7 Å². The lowest BCUT2D eigenvalue weighted by atomic mass is 9.94. The maximum atomic E-state index is 11.6. The van der Waals surface area contributed by atoms with E-state index >= 15 is 0 Å².